The number of hydrogen-bond acceptors (Lipinski definition) is 8. The average molecular weight is 578 g/mol. The SMILES string of the molecule is C=C[C@@H](C)[C@@]1(C(C)=O)O[B-](F)(F)OC1=[N+]1CCOCC1.C=C[C@H](C)[C@]1(C(C)=O)O[B-](F)(F)OC1=[N+]1CCOCC1. The second-order valence-corrected chi connectivity index (χ2v) is 9.98. The van der Waals surface area contributed by atoms with Gasteiger partial charge < -0.3 is 45.4 Å². The van der Waals surface area contributed by atoms with Crippen LogP contribution < -0.4 is 0 Å². The van der Waals surface area contributed by atoms with Crippen molar-refractivity contribution in [2.75, 3.05) is 52.6 Å². The Morgan fingerprint density at radius 3 is 1.30 bits per heavy atom. The van der Waals surface area contributed by atoms with E-state index < -0.39 is 48.8 Å². The highest BCUT2D eigenvalue weighted by Crippen LogP contribution is 2.40. The molecule has 0 N–H and O–H groups in total. The van der Waals surface area contributed by atoms with Crippen molar-refractivity contribution in [1.82, 2.24) is 0 Å². The summed E-state index contributed by atoms with van der Waals surface area (Å²) < 4.78 is 87.2. The van der Waals surface area contributed by atoms with Crippen LogP contribution in [0.15, 0.2) is 25.3 Å². The van der Waals surface area contributed by atoms with Crippen LogP contribution in [0.4, 0.5) is 17.3 Å². The number of nitrogens with zero attached hydrogens (tertiary/aromatic N) is 2. The smallest absolute Gasteiger partial charge is 0.591 e. The normalized spacial score (nSPS) is 30.8. The van der Waals surface area contributed by atoms with Gasteiger partial charge in [-0.25, -0.2) is 0 Å². The Labute approximate surface area is 230 Å². The van der Waals surface area contributed by atoms with Crippen molar-refractivity contribution >= 4 is 37.6 Å². The van der Waals surface area contributed by atoms with Crippen LogP contribution in [0.2, 0.25) is 0 Å². The molecular weight excluding hydrogens is 542 g/mol. The Kier molecular flexibility index (Phi) is 9.70. The molecule has 224 valence electrons. The van der Waals surface area contributed by atoms with Crippen molar-refractivity contribution < 1.29 is 64.1 Å². The van der Waals surface area contributed by atoms with Gasteiger partial charge in [-0.15, -0.1) is 13.2 Å². The van der Waals surface area contributed by atoms with E-state index in [4.69, 9.17) is 28.1 Å². The number of carbonyl (C=O) groups is 2. The molecule has 0 aromatic heterocycles. The summed E-state index contributed by atoms with van der Waals surface area (Å²) in [5.74, 6) is -2.55. The number of ether oxygens (including phenoxy) is 2. The van der Waals surface area contributed by atoms with Crippen molar-refractivity contribution in [2.45, 2.75) is 38.9 Å². The van der Waals surface area contributed by atoms with E-state index in [2.05, 4.69) is 13.2 Å². The summed E-state index contributed by atoms with van der Waals surface area (Å²) in [4.78, 5) is 24.1. The first-order valence-corrected chi connectivity index (χ1v) is 13.1. The van der Waals surface area contributed by atoms with E-state index in [0.717, 1.165) is 0 Å². The van der Waals surface area contributed by atoms with Crippen LogP contribution in [-0.2, 0) is 37.7 Å². The molecule has 0 aromatic rings. The molecule has 40 heavy (non-hydrogen) atoms. The lowest BCUT2D eigenvalue weighted by molar-refractivity contribution is -0.558. The molecule has 4 rings (SSSR count). The van der Waals surface area contributed by atoms with E-state index in [1.807, 2.05) is 0 Å². The standard InChI is InChI=1S/2C12H18BF2NO4/c2*1-4-9(2)12(10(3)17)11(19-13(14,15)20-12)16-5-7-18-8-6-16/h2*4,9H,1,5-8H2,2-3H3/t2*9-,12+/m10/s1. The van der Waals surface area contributed by atoms with E-state index in [1.165, 1.54) is 26.0 Å². The first-order chi connectivity index (χ1) is 18.7. The molecular formula is C24H36B2F4N2O8. The number of rotatable bonds is 6. The maximum atomic E-state index is 13.7. The molecule has 4 atom stereocenters. The fraction of sp³-hybridized carbons (Fsp3) is 0.667. The van der Waals surface area contributed by atoms with Crippen molar-refractivity contribution in [3.63, 3.8) is 0 Å². The molecule has 0 unspecified atom stereocenters. The van der Waals surface area contributed by atoms with Gasteiger partial charge in [0.1, 0.15) is 26.4 Å². The van der Waals surface area contributed by atoms with Crippen LogP contribution in [0.3, 0.4) is 0 Å². The summed E-state index contributed by atoms with van der Waals surface area (Å²) in [6.07, 6.45) is 2.84. The highest BCUT2D eigenvalue weighted by Gasteiger charge is 2.64. The summed E-state index contributed by atoms with van der Waals surface area (Å²) in [7, 11) is -9.02. The predicted octanol–water partition coefficient (Wildman–Crippen LogP) is 2.00. The second-order valence-electron chi connectivity index (χ2n) is 9.98. The van der Waals surface area contributed by atoms with Gasteiger partial charge in [-0.3, -0.25) is 9.59 Å². The predicted molar refractivity (Wildman–Crippen MR) is 137 cm³/mol. The Morgan fingerprint density at radius 2 is 1.05 bits per heavy atom. The van der Waals surface area contributed by atoms with Crippen LogP contribution in [0.5, 0.6) is 0 Å². The summed E-state index contributed by atoms with van der Waals surface area (Å²) >= 11 is 0. The monoisotopic (exact) mass is 578 g/mol. The van der Waals surface area contributed by atoms with Crippen LogP contribution in [0.1, 0.15) is 27.7 Å². The lowest BCUT2D eigenvalue weighted by Crippen LogP contribution is -2.53. The third kappa shape index (κ3) is 6.04. The minimum atomic E-state index is -4.51. The summed E-state index contributed by atoms with van der Waals surface area (Å²) in [5, 5.41) is 0. The molecule has 0 spiro atoms. The molecule has 4 saturated heterocycles. The molecule has 10 nitrogen and oxygen atoms in total. The van der Waals surface area contributed by atoms with Crippen molar-refractivity contribution in [3.05, 3.63) is 25.3 Å². The van der Waals surface area contributed by atoms with E-state index in [0.29, 0.717) is 52.6 Å². The number of ketones is 2. The molecule has 4 fully saturated rings. The van der Waals surface area contributed by atoms with Crippen molar-refractivity contribution in [1.29, 1.82) is 0 Å². The molecule has 0 aliphatic carbocycles. The Hall–Kier alpha value is -2.55. The number of Topliss-reactive ketones (excluding diaryl/α,β-unsaturated/α-hetero) is 2. The molecule has 0 aromatic carbocycles. The third-order valence-electron chi connectivity index (χ3n) is 7.41. The first kappa shape index (κ1) is 32.0. The summed E-state index contributed by atoms with van der Waals surface area (Å²) in [6.45, 7) is 15.9. The number of halogens is 4. The maximum Gasteiger partial charge on any atom is 0.668 e. The average Bonchev–Trinajstić information content (AvgIpc) is 3.40. The molecule has 0 saturated carbocycles. The van der Waals surface area contributed by atoms with Gasteiger partial charge in [0.25, 0.3) is 0 Å². The lowest BCUT2D eigenvalue weighted by Gasteiger charge is -2.31. The molecule has 0 amide bonds. The van der Waals surface area contributed by atoms with Crippen LogP contribution in [0, 0.1) is 11.8 Å². The molecule has 4 aliphatic heterocycles. The zero-order chi connectivity index (χ0) is 29.9. The van der Waals surface area contributed by atoms with Gasteiger partial charge in [-0.1, -0.05) is 26.0 Å². The van der Waals surface area contributed by atoms with E-state index in [-0.39, 0.29) is 11.8 Å². The van der Waals surface area contributed by atoms with Gasteiger partial charge in [-0.2, -0.15) is 9.15 Å². The minimum Gasteiger partial charge on any atom is -0.591 e. The van der Waals surface area contributed by atoms with Gasteiger partial charge in [0, 0.05) is 11.8 Å². The lowest BCUT2D eigenvalue weighted by atomic mass is 9.84. The van der Waals surface area contributed by atoms with Crippen LogP contribution >= 0.6 is 0 Å². The van der Waals surface area contributed by atoms with Gasteiger partial charge in [0.2, 0.25) is 11.2 Å². The first-order valence-electron chi connectivity index (χ1n) is 13.1. The van der Waals surface area contributed by atoms with Crippen molar-refractivity contribution in [3.8, 4) is 0 Å². The Morgan fingerprint density at radius 1 is 0.750 bits per heavy atom. The largest absolute Gasteiger partial charge is 0.668 e. The molecule has 4 aliphatic rings. The highest BCUT2D eigenvalue weighted by atomic mass is 19.3. The van der Waals surface area contributed by atoms with E-state index in [9.17, 15) is 26.9 Å². The quantitative estimate of drug-likeness (QED) is 0.205. The Balaban J connectivity index is 0.000000220. The Bertz CT molecular complexity index is 1000. The number of morpholine rings is 2. The highest BCUT2D eigenvalue weighted by molar-refractivity contribution is 6.58. The second kappa shape index (κ2) is 12.1. The van der Waals surface area contributed by atoms with Gasteiger partial charge >= 0.3 is 26.0 Å². The molecule has 0 bridgehead atoms. The summed E-state index contributed by atoms with van der Waals surface area (Å²) in [6, 6.07) is 0. The topological polar surface area (TPSA) is 95.5 Å². The zero-order valence-electron chi connectivity index (χ0n) is 23.2. The zero-order valence-corrected chi connectivity index (χ0v) is 23.2. The molecule has 16 heteroatoms. The third-order valence-corrected chi connectivity index (χ3v) is 7.41. The van der Waals surface area contributed by atoms with Crippen LogP contribution in [0.25, 0.3) is 0 Å². The maximum absolute atomic E-state index is 13.7. The number of hydrogen-bond donors (Lipinski definition) is 0. The number of carbonyl (C=O) groups excluding carboxylic acids is 2. The minimum absolute atomic E-state index is 0.120. The van der Waals surface area contributed by atoms with Crippen molar-refractivity contribution in [2.24, 2.45) is 11.8 Å². The molecule has 0 radical (unpaired) electrons. The van der Waals surface area contributed by atoms with Gasteiger partial charge in [0.15, 0.2) is 37.7 Å². The fourth-order valence-corrected chi connectivity index (χ4v) is 5.21. The van der Waals surface area contributed by atoms with Crippen LogP contribution in [-0.4, -0.2) is 111 Å². The molecule has 4 heterocycles. The summed E-state index contributed by atoms with van der Waals surface area (Å²) in [5.41, 5.74) is -3.61. The van der Waals surface area contributed by atoms with E-state index >= 15 is 0 Å². The fourth-order valence-electron chi connectivity index (χ4n) is 5.21. The van der Waals surface area contributed by atoms with Gasteiger partial charge in [0.05, 0.1) is 0 Å². The van der Waals surface area contributed by atoms with Gasteiger partial charge in [-0.05, 0) is 13.8 Å². The van der Waals surface area contributed by atoms with E-state index in [1.54, 1.807) is 23.0 Å².